The summed E-state index contributed by atoms with van der Waals surface area (Å²) in [6.45, 7) is -0.435. The normalized spacial score (nSPS) is 28.1. The maximum atomic E-state index is 10.1. The second kappa shape index (κ2) is 5.11. The van der Waals surface area contributed by atoms with E-state index in [1.54, 1.807) is 0 Å². The average Bonchev–Trinajstić information content (AvgIpc) is 2.98. The molecule has 3 heterocycles. The van der Waals surface area contributed by atoms with Crippen LogP contribution in [0.2, 0.25) is 0 Å². The van der Waals surface area contributed by atoms with Gasteiger partial charge in [0.2, 0.25) is 5.95 Å². The van der Waals surface area contributed by atoms with Crippen LogP contribution in [0.25, 0.3) is 11.0 Å². The smallest absolute Gasteiger partial charge is 0.223 e. The Bertz CT molecular complexity index is 768. The molecule has 2 aromatic heterocycles. The van der Waals surface area contributed by atoms with Gasteiger partial charge in [-0.1, -0.05) is 5.92 Å². The maximum absolute atomic E-state index is 10.1. The van der Waals surface area contributed by atoms with Crippen LogP contribution in [-0.4, -0.2) is 54.8 Å². The highest BCUT2D eigenvalue weighted by Crippen LogP contribution is 2.34. The van der Waals surface area contributed by atoms with Crippen LogP contribution in [-0.2, 0) is 4.74 Å². The van der Waals surface area contributed by atoms with Crippen molar-refractivity contribution < 1.29 is 20.1 Å². The highest BCUT2D eigenvalue weighted by molar-refractivity contribution is 5.93. The Balaban J connectivity index is 2.18. The summed E-state index contributed by atoms with van der Waals surface area (Å²) in [5.74, 6) is 2.51. The van der Waals surface area contributed by atoms with E-state index >= 15 is 0 Å². The lowest BCUT2D eigenvalue weighted by atomic mass is 10.1. The van der Waals surface area contributed by atoms with E-state index in [-0.39, 0.29) is 17.4 Å². The van der Waals surface area contributed by atoms with Crippen LogP contribution >= 0.6 is 0 Å². The summed E-state index contributed by atoms with van der Waals surface area (Å²) in [4.78, 5) is 7.94. The summed E-state index contributed by atoms with van der Waals surface area (Å²) in [6.07, 6.45) is 2.56. The Labute approximate surface area is 125 Å². The van der Waals surface area contributed by atoms with Gasteiger partial charge < -0.3 is 36.1 Å². The van der Waals surface area contributed by atoms with E-state index in [0.717, 1.165) is 0 Å². The van der Waals surface area contributed by atoms with Crippen molar-refractivity contribution in [2.75, 3.05) is 18.1 Å². The topological polar surface area (TPSA) is 153 Å². The maximum Gasteiger partial charge on any atom is 0.223 e. The first-order chi connectivity index (χ1) is 10.5. The number of nitrogens with zero attached hydrogens (tertiary/aromatic N) is 3. The van der Waals surface area contributed by atoms with E-state index in [0.29, 0.717) is 10.9 Å². The van der Waals surface area contributed by atoms with E-state index in [4.69, 9.17) is 27.7 Å². The Morgan fingerprint density at radius 3 is 2.64 bits per heavy atom. The van der Waals surface area contributed by atoms with Crippen LogP contribution in [0.1, 0.15) is 11.8 Å². The minimum absolute atomic E-state index is 0.0559. The predicted octanol–water partition coefficient (Wildman–Crippen LogP) is -1.81. The lowest BCUT2D eigenvalue weighted by Gasteiger charge is -2.17. The molecule has 0 bridgehead atoms. The van der Waals surface area contributed by atoms with Crippen LogP contribution in [0, 0.1) is 12.3 Å². The third kappa shape index (κ3) is 1.98. The number of aliphatic hydroxyl groups excluding tert-OH is 3. The van der Waals surface area contributed by atoms with Crippen LogP contribution < -0.4 is 11.5 Å². The first-order valence-electron chi connectivity index (χ1n) is 6.50. The summed E-state index contributed by atoms with van der Waals surface area (Å²) in [5, 5.41) is 29.6. The highest BCUT2D eigenvalue weighted by atomic mass is 16.6. The van der Waals surface area contributed by atoms with Crippen molar-refractivity contribution in [3.63, 3.8) is 0 Å². The Morgan fingerprint density at radius 2 is 2.05 bits per heavy atom. The predicted molar refractivity (Wildman–Crippen MR) is 77.3 cm³/mol. The molecule has 0 aliphatic carbocycles. The zero-order valence-corrected chi connectivity index (χ0v) is 11.4. The van der Waals surface area contributed by atoms with Crippen molar-refractivity contribution >= 4 is 22.8 Å². The molecule has 0 aromatic carbocycles. The van der Waals surface area contributed by atoms with E-state index < -0.39 is 31.1 Å². The zero-order valence-electron chi connectivity index (χ0n) is 11.4. The van der Waals surface area contributed by atoms with Gasteiger partial charge in [-0.15, -0.1) is 6.42 Å². The minimum Gasteiger partial charge on any atom is -0.394 e. The monoisotopic (exact) mass is 305 g/mol. The molecule has 4 atom stereocenters. The highest BCUT2D eigenvalue weighted by Gasteiger charge is 2.44. The van der Waals surface area contributed by atoms with Crippen molar-refractivity contribution in [2.45, 2.75) is 24.5 Å². The summed E-state index contributed by atoms with van der Waals surface area (Å²) in [6, 6.07) is 0. The molecule has 0 amide bonds. The van der Waals surface area contributed by atoms with Gasteiger partial charge in [-0.3, -0.25) is 0 Å². The fourth-order valence-electron chi connectivity index (χ4n) is 2.61. The van der Waals surface area contributed by atoms with Crippen LogP contribution in [0.5, 0.6) is 0 Å². The second-order valence-electron chi connectivity index (χ2n) is 4.99. The SMILES string of the molecule is C#Cc1cn([C@@H]2O[C@H](CO)[C@@H](O)[C@H]2O)c2nc(N)nc(N)c12. The van der Waals surface area contributed by atoms with Gasteiger partial charge in [0.15, 0.2) is 11.9 Å². The molecule has 0 saturated carbocycles. The van der Waals surface area contributed by atoms with Gasteiger partial charge in [0.1, 0.15) is 24.1 Å². The Morgan fingerprint density at radius 1 is 1.32 bits per heavy atom. The third-order valence-electron chi connectivity index (χ3n) is 3.66. The number of terminal acetylenes is 1. The van der Waals surface area contributed by atoms with Gasteiger partial charge in [-0.2, -0.15) is 9.97 Å². The molecule has 0 unspecified atom stereocenters. The lowest BCUT2D eigenvalue weighted by molar-refractivity contribution is -0.0508. The Hall–Kier alpha value is -2.38. The van der Waals surface area contributed by atoms with Crippen molar-refractivity contribution in [3.8, 4) is 12.3 Å². The van der Waals surface area contributed by atoms with Crippen molar-refractivity contribution in [2.24, 2.45) is 0 Å². The number of hydrogen-bond acceptors (Lipinski definition) is 8. The number of rotatable bonds is 2. The van der Waals surface area contributed by atoms with E-state index in [9.17, 15) is 10.2 Å². The van der Waals surface area contributed by atoms with Gasteiger partial charge in [0, 0.05) is 6.20 Å². The quantitative estimate of drug-likeness (QED) is 0.407. The van der Waals surface area contributed by atoms with Gasteiger partial charge >= 0.3 is 0 Å². The number of aliphatic hydroxyl groups is 3. The van der Waals surface area contributed by atoms with E-state index in [1.165, 1.54) is 10.8 Å². The van der Waals surface area contributed by atoms with Gasteiger partial charge in [-0.05, 0) is 0 Å². The molecule has 0 spiro atoms. The summed E-state index contributed by atoms with van der Waals surface area (Å²) in [7, 11) is 0. The second-order valence-corrected chi connectivity index (χ2v) is 4.99. The molecule has 3 rings (SSSR count). The summed E-state index contributed by atoms with van der Waals surface area (Å²) in [5.41, 5.74) is 12.1. The standard InChI is InChI=1S/C13H15N5O4/c1-2-5-3-18(11-7(5)10(14)16-13(15)17-11)12-9(21)8(20)6(4-19)22-12/h1,3,6,8-9,12,19-21H,4H2,(H4,14,15,16,17)/t6-,8-,9-,12-/m1/s1. The number of aromatic nitrogens is 3. The minimum atomic E-state index is -1.27. The summed E-state index contributed by atoms with van der Waals surface area (Å²) >= 11 is 0. The van der Waals surface area contributed by atoms with E-state index in [2.05, 4.69) is 15.9 Å². The van der Waals surface area contributed by atoms with Crippen molar-refractivity contribution in [1.29, 1.82) is 0 Å². The average molecular weight is 305 g/mol. The molecular formula is C13H15N5O4. The van der Waals surface area contributed by atoms with Gasteiger partial charge in [0.05, 0.1) is 17.6 Å². The molecule has 116 valence electrons. The third-order valence-corrected chi connectivity index (χ3v) is 3.66. The first kappa shape index (κ1) is 14.6. The van der Waals surface area contributed by atoms with Crippen LogP contribution in [0.15, 0.2) is 6.20 Å². The fraction of sp³-hybridized carbons (Fsp3) is 0.385. The number of hydrogen-bond donors (Lipinski definition) is 5. The molecule has 1 fully saturated rings. The number of nitrogens with two attached hydrogens (primary N) is 2. The first-order valence-corrected chi connectivity index (χ1v) is 6.50. The number of fused-ring (bicyclic) bond motifs is 1. The molecule has 22 heavy (non-hydrogen) atoms. The number of anilines is 2. The zero-order chi connectivity index (χ0) is 16.0. The molecule has 9 heteroatoms. The van der Waals surface area contributed by atoms with Crippen LogP contribution in [0.3, 0.4) is 0 Å². The Kier molecular flexibility index (Phi) is 3.38. The molecule has 2 aromatic rings. The van der Waals surface area contributed by atoms with Gasteiger partial charge in [0.25, 0.3) is 0 Å². The number of ether oxygens (including phenoxy) is 1. The van der Waals surface area contributed by atoms with Crippen LogP contribution in [0.4, 0.5) is 11.8 Å². The van der Waals surface area contributed by atoms with Gasteiger partial charge in [-0.25, -0.2) is 0 Å². The molecule has 1 saturated heterocycles. The van der Waals surface area contributed by atoms with E-state index in [1.807, 2.05) is 0 Å². The lowest BCUT2D eigenvalue weighted by Crippen LogP contribution is -2.33. The molecule has 1 aliphatic rings. The largest absolute Gasteiger partial charge is 0.394 e. The molecular weight excluding hydrogens is 290 g/mol. The van der Waals surface area contributed by atoms with Crippen molar-refractivity contribution in [3.05, 3.63) is 11.8 Å². The summed E-state index contributed by atoms with van der Waals surface area (Å²) < 4.78 is 6.90. The fourth-order valence-corrected chi connectivity index (χ4v) is 2.61. The molecule has 9 nitrogen and oxygen atoms in total. The molecule has 0 radical (unpaired) electrons. The molecule has 7 N–H and O–H groups in total. The molecule has 1 aliphatic heterocycles. The van der Waals surface area contributed by atoms with Crippen molar-refractivity contribution in [1.82, 2.24) is 14.5 Å². The number of nitrogen functional groups attached to an aromatic ring is 2.